The number of hydrogen-bond donors (Lipinski definition) is 2. The van der Waals surface area contributed by atoms with Crippen molar-refractivity contribution in [2.75, 3.05) is 26.8 Å². The maximum atomic E-state index is 14.2. The molecule has 2 aliphatic rings. The zero-order chi connectivity index (χ0) is 35.4. The van der Waals surface area contributed by atoms with Crippen molar-refractivity contribution in [1.29, 1.82) is 0 Å². The monoisotopic (exact) mass is 696 g/mol. The first-order valence-corrected chi connectivity index (χ1v) is 16.4. The molecule has 2 saturated heterocycles. The second-order valence-electron chi connectivity index (χ2n) is 12.5. The van der Waals surface area contributed by atoms with E-state index in [1.165, 1.54) is 0 Å². The summed E-state index contributed by atoms with van der Waals surface area (Å²) in [6, 6.07) is 22.4. The van der Waals surface area contributed by atoms with E-state index in [0.29, 0.717) is 30.2 Å². The van der Waals surface area contributed by atoms with E-state index < -0.39 is 46.8 Å². The number of aliphatic hydroxyl groups excluding tert-OH is 1. The van der Waals surface area contributed by atoms with Gasteiger partial charge >= 0.3 is 0 Å². The summed E-state index contributed by atoms with van der Waals surface area (Å²) >= 11 is 0. The molecule has 0 spiro atoms. The van der Waals surface area contributed by atoms with Crippen LogP contribution in [0, 0.1) is 29.1 Å². The molecule has 12 heteroatoms. The minimum Gasteiger partial charge on any atom is -0.392 e. The lowest BCUT2D eigenvalue weighted by molar-refractivity contribution is -0.253. The quantitative estimate of drug-likeness (QED) is 0.0988. The van der Waals surface area contributed by atoms with Gasteiger partial charge in [-0.2, -0.15) is 0 Å². The van der Waals surface area contributed by atoms with Crippen LogP contribution in [0.3, 0.4) is 0 Å². The van der Waals surface area contributed by atoms with Crippen LogP contribution >= 0.6 is 0 Å². The van der Waals surface area contributed by atoms with E-state index in [-0.39, 0.29) is 25.4 Å². The number of amides is 1. The van der Waals surface area contributed by atoms with E-state index in [2.05, 4.69) is 10.2 Å². The lowest BCUT2D eigenvalue weighted by atomic mass is 9.97. The van der Waals surface area contributed by atoms with Gasteiger partial charge in [-0.3, -0.25) is 9.69 Å². The highest BCUT2D eigenvalue weighted by molar-refractivity contribution is 5.95. The molecular weight excluding hydrogens is 659 g/mol. The molecule has 4 aromatic rings. The minimum absolute atomic E-state index is 0.0524. The zero-order valence-electron chi connectivity index (χ0n) is 27.3. The van der Waals surface area contributed by atoms with Crippen LogP contribution in [0.5, 0.6) is 0 Å². The van der Waals surface area contributed by atoms with E-state index in [9.17, 15) is 31.9 Å². The van der Waals surface area contributed by atoms with E-state index in [1.807, 2.05) is 48.5 Å². The summed E-state index contributed by atoms with van der Waals surface area (Å²) in [4.78, 5) is 15.0. The number of nitrogens with zero attached hydrogens (tertiary/aromatic N) is 1. The SMILES string of the molecule is COCC1CCCN1CC1CC(c2ccc(CO)cc2)OC(c2ccc(-c3ccccc3CNC(=O)c3c(F)c(F)c(F)c(F)c3F)cc2)O1. The van der Waals surface area contributed by atoms with Crippen molar-refractivity contribution in [2.24, 2.45) is 0 Å². The third-order valence-electron chi connectivity index (χ3n) is 9.30. The standard InChI is InChI=1S/C38H37F5N2O5/c1-48-21-27-6-4-16-45(27)19-28-17-30(24-10-8-22(20-46)9-11-24)50-38(49-28)25-14-12-23(13-15-25)29-7-3-2-5-26(29)18-44-37(47)31-32(39)34(41)36(43)35(42)33(31)40/h2-3,5,7-15,27-28,30,38,46H,4,6,16-21H2,1H3,(H,44,47). The van der Waals surface area contributed by atoms with Gasteiger partial charge in [-0.05, 0) is 47.2 Å². The van der Waals surface area contributed by atoms with Crippen LogP contribution in [-0.4, -0.2) is 54.9 Å². The number of aliphatic hydroxyl groups is 1. The predicted octanol–water partition coefficient (Wildman–Crippen LogP) is 7.13. The normalized spacial score (nSPS) is 21.0. The summed E-state index contributed by atoms with van der Waals surface area (Å²) in [5, 5.41) is 11.8. The Morgan fingerprint density at radius 2 is 1.54 bits per heavy atom. The highest BCUT2D eigenvalue weighted by Gasteiger charge is 2.36. The number of benzene rings is 4. The zero-order valence-corrected chi connectivity index (χ0v) is 27.3. The molecule has 0 bridgehead atoms. The number of hydrogen-bond acceptors (Lipinski definition) is 6. The Balaban J connectivity index is 1.20. The Morgan fingerprint density at radius 3 is 2.22 bits per heavy atom. The first kappa shape index (κ1) is 35.6. The number of halogens is 5. The minimum atomic E-state index is -2.33. The lowest BCUT2D eigenvalue weighted by Gasteiger charge is -2.38. The average Bonchev–Trinajstić information content (AvgIpc) is 3.58. The number of likely N-dealkylation sites (tertiary alicyclic amines) is 1. The van der Waals surface area contributed by atoms with Gasteiger partial charge in [0, 0.05) is 38.2 Å². The molecule has 4 unspecified atom stereocenters. The van der Waals surface area contributed by atoms with Gasteiger partial charge in [0.15, 0.2) is 29.6 Å². The average molecular weight is 697 g/mol. The number of ether oxygens (including phenoxy) is 3. The number of carbonyl (C=O) groups excluding carboxylic acids is 1. The number of carbonyl (C=O) groups is 1. The molecule has 0 aliphatic carbocycles. The van der Waals surface area contributed by atoms with Crippen LogP contribution in [0.4, 0.5) is 22.0 Å². The number of methoxy groups -OCH3 is 1. The van der Waals surface area contributed by atoms with Crippen molar-refractivity contribution in [3.8, 4) is 11.1 Å². The molecule has 0 radical (unpaired) electrons. The van der Waals surface area contributed by atoms with Gasteiger partial charge in [0.1, 0.15) is 5.56 Å². The van der Waals surface area contributed by atoms with Gasteiger partial charge in [0.05, 0.1) is 25.4 Å². The first-order valence-electron chi connectivity index (χ1n) is 16.4. The van der Waals surface area contributed by atoms with Crippen molar-refractivity contribution in [3.05, 3.63) is 130 Å². The van der Waals surface area contributed by atoms with Crippen LogP contribution in [0.1, 0.15) is 64.3 Å². The summed E-state index contributed by atoms with van der Waals surface area (Å²) < 4.78 is 87.8. The van der Waals surface area contributed by atoms with Gasteiger partial charge in [0.25, 0.3) is 5.91 Å². The van der Waals surface area contributed by atoms with Crippen molar-refractivity contribution in [1.82, 2.24) is 10.2 Å². The molecule has 2 N–H and O–H groups in total. The molecule has 2 fully saturated rings. The fourth-order valence-electron chi connectivity index (χ4n) is 6.66. The van der Waals surface area contributed by atoms with Crippen LogP contribution in [0.25, 0.3) is 11.1 Å². The summed E-state index contributed by atoms with van der Waals surface area (Å²) in [6.45, 7) is 2.04. The maximum Gasteiger partial charge on any atom is 0.257 e. The van der Waals surface area contributed by atoms with Crippen molar-refractivity contribution in [2.45, 2.75) is 57.0 Å². The molecule has 0 saturated carbocycles. The topological polar surface area (TPSA) is 80.3 Å². The van der Waals surface area contributed by atoms with Crippen molar-refractivity contribution >= 4 is 5.91 Å². The molecule has 2 heterocycles. The molecule has 1 amide bonds. The fraction of sp³-hybridized carbons (Fsp3) is 0.342. The van der Waals surface area contributed by atoms with Gasteiger partial charge in [-0.1, -0.05) is 72.8 Å². The van der Waals surface area contributed by atoms with Gasteiger partial charge in [-0.25, -0.2) is 22.0 Å². The Hall–Kier alpha value is -4.20. The Labute approximate surface area is 286 Å². The van der Waals surface area contributed by atoms with Gasteiger partial charge in [-0.15, -0.1) is 0 Å². The van der Waals surface area contributed by atoms with Crippen molar-refractivity contribution < 1.29 is 46.1 Å². The largest absolute Gasteiger partial charge is 0.392 e. The second kappa shape index (κ2) is 15.8. The van der Waals surface area contributed by atoms with E-state index in [0.717, 1.165) is 48.2 Å². The molecule has 4 atom stereocenters. The van der Waals surface area contributed by atoms with Crippen LogP contribution in [0.15, 0.2) is 72.8 Å². The lowest BCUT2D eigenvalue weighted by Crippen LogP contribution is -2.42. The molecule has 2 aliphatic heterocycles. The molecule has 7 nitrogen and oxygen atoms in total. The van der Waals surface area contributed by atoms with Gasteiger partial charge in [0.2, 0.25) is 5.82 Å². The molecule has 4 aromatic carbocycles. The van der Waals surface area contributed by atoms with Crippen LogP contribution in [-0.2, 0) is 27.4 Å². The second-order valence-corrected chi connectivity index (χ2v) is 12.5. The molecule has 0 aromatic heterocycles. The molecule has 6 rings (SSSR count). The van der Waals surface area contributed by atoms with E-state index in [4.69, 9.17) is 14.2 Å². The van der Waals surface area contributed by atoms with Crippen LogP contribution in [0.2, 0.25) is 0 Å². The summed E-state index contributed by atoms with van der Waals surface area (Å²) in [5.74, 6) is -12.5. The number of rotatable bonds is 11. The smallest absolute Gasteiger partial charge is 0.257 e. The predicted molar refractivity (Wildman–Crippen MR) is 174 cm³/mol. The van der Waals surface area contributed by atoms with E-state index in [1.54, 1.807) is 31.4 Å². The van der Waals surface area contributed by atoms with Gasteiger partial charge < -0.3 is 24.6 Å². The summed E-state index contributed by atoms with van der Waals surface area (Å²) in [5.41, 5.74) is 3.00. The molecule has 50 heavy (non-hydrogen) atoms. The Morgan fingerprint density at radius 1 is 0.880 bits per heavy atom. The summed E-state index contributed by atoms with van der Waals surface area (Å²) in [7, 11) is 1.71. The highest BCUT2D eigenvalue weighted by atomic mass is 19.2. The van der Waals surface area contributed by atoms with Crippen LogP contribution < -0.4 is 5.32 Å². The Kier molecular flexibility index (Phi) is 11.2. The molecular formula is C38H37F5N2O5. The van der Waals surface area contributed by atoms with Crippen molar-refractivity contribution in [3.63, 3.8) is 0 Å². The third kappa shape index (κ3) is 7.59. The molecule has 264 valence electrons. The summed E-state index contributed by atoms with van der Waals surface area (Å²) in [6.07, 6.45) is 1.75. The first-order chi connectivity index (χ1) is 24.2. The number of nitrogens with one attached hydrogen (secondary N) is 1. The van der Waals surface area contributed by atoms with E-state index >= 15 is 0 Å². The highest BCUT2D eigenvalue weighted by Crippen LogP contribution is 2.39. The maximum absolute atomic E-state index is 14.2. The third-order valence-corrected chi connectivity index (χ3v) is 9.30. The fourth-order valence-corrected chi connectivity index (χ4v) is 6.66. The Bertz CT molecular complexity index is 1780.